The number of carbonyl (C=O) groups is 1. The van der Waals surface area contributed by atoms with Gasteiger partial charge in [0.05, 0.1) is 4.90 Å². The summed E-state index contributed by atoms with van der Waals surface area (Å²) in [4.78, 5) is 12.3. The summed E-state index contributed by atoms with van der Waals surface area (Å²) in [6, 6.07) is 7.78. The normalized spacial score (nSPS) is 16.0. The third kappa shape index (κ3) is 3.49. The van der Waals surface area contributed by atoms with E-state index in [-0.39, 0.29) is 10.6 Å². The molecular weight excluding hydrogens is 330 g/mol. The van der Waals surface area contributed by atoms with Gasteiger partial charge in [0, 0.05) is 24.8 Å². The molecule has 0 bridgehead atoms. The van der Waals surface area contributed by atoms with Crippen molar-refractivity contribution in [2.75, 3.05) is 18.4 Å². The van der Waals surface area contributed by atoms with Gasteiger partial charge in [-0.2, -0.15) is 4.31 Å². The van der Waals surface area contributed by atoms with Gasteiger partial charge in [-0.25, -0.2) is 8.42 Å². The van der Waals surface area contributed by atoms with Gasteiger partial charge in [-0.05, 0) is 38.0 Å². The zero-order valence-electron chi connectivity index (χ0n) is 13.4. The van der Waals surface area contributed by atoms with Crippen LogP contribution in [0.25, 0.3) is 0 Å². The summed E-state index contributed by atoms with van der Waals surface area (Å²) < 4.78 is 31.7. The van der Waals surface area contributed by atoms with Crippen molar-refractivity contribution in [3.8, 4) is 0 Å². The van der Waals surface area contributed by atoms with Gasteiger partial charge >= 0.3 is 0 Å². The Morgan fingerprint density at radius 3 is 2.62 bits per heavy atom. The molecule has 0 saturated carbocycles. The second-order valence-corrected chi connectivity index (χ2v) is 7.71. The smallest absolute Gasteiger partial charge is 0.277 e. The van der Waals surface area contributed by atoms with Gasteiger partial charge in [0.1, 0.15) is 5.76 Å². The molecule has 0 spiro atoms. The number of sulfonamides is 1. The van der Waals surface area contributed by atoms with E-state index in [1.54, 1.807) is 25.1 Å². The van der Waals surface area contributed by atoms with Gasteiger partial charge in [-0.1, -0.05) is 17.6 Å². The maximum Gasteiger partial charge on any atom is 0.277 e. The summed E-state index contributed by atoms with van der Waals surface area (Å²) in [7, 11) is -3.53. The van der Waals surface area contributed by atoms with Crippen molar-refractivity contribution in [3.63, 3.8) is 0 Å². The van der Waals surface area contributed by atoms with Crippen LogP contribution in [-0.4, -0.2) is 36.9 Å². The van der Waals surface area contributed by atoms with Gasteiger partial charge in [0.2, 0.25) is 10.0 Å². The van der Waals surface area contributed by atoms with Crippen LogP contribution >= 0.6 is 0 Å². The number of rotatable bonds is 4. The van der Waals surface area contributed by atoms with Crippen LogP contribution in [0, 0.1) is 6.92 Å². The van der Waals surface area contributed by atoms with E-state index in [2.05, 4.69) is 10.5 Å². The first-order valence-electron chi connectivity index (χ1n) is 7.82. The minimum atomic E-state index is -3.53. The number of benzene rings is 1. The van der Waals surface area contributed by atoms with Gasteiger partial charge in [-0.15, -0.1) is 0 Å². The third-order valence-corrected chi connectivity index (χ3v) is 5.80. The molecule has 1 amide bonds. The van der Waals surface area contributed by atoms with Gasteiger partial charge in [-0.3, -0.25) is 4.79 Å². The lowest BCUT2D eigenvalue weighted by Crippen LogP contribution is -2.35. The van der Waals surface area contributed by atoms with Crippen LogP contribution in [0.1, 0.15) is 35.5 Å². The van der Waals surface area contributed by atoms with E-state index in [4.69, 9.17) is 4.52 Å². The Labute approximate surface area is 140 Å². The summed E-state index contributed by atoms with van der Waals surface area (Å²) >= 11 is 0. The molecule has 1 N–H and O–H groups in total. The van der Waals surface area contributed by atoms with Crippen LogP contribution in [0.15, 0.2) is 39.8 Å². The molecule has 1 aromatic carbocycles. The summed E-state index contributed by atoms with van der Waals surface area (Å²) in [5, 5.41) is 6.29. The topological polar surface area (TPSA) is 92.5 Å². The number of carbonyl (C=O) groups excluding carboxylic acids is 1. The Morgan fingerprint density at radius 1 is 1.21 bits per heavy atom. The van der Waals surface area contributed by atoms with Crippen LogP contribution in [0.3, 0.4) is 0 Å². The van der Waals surface area contributed by atoms with E-state index in [1.807, 2.05) is 0 Å². The molecule has 1 saturated heterocycles. The first-order valence-corrected chi connectivity index (χ1v) is 9.26. The molecule has 8 heteroatoms. The zero-order valence-corrected chi connectivity index (χ0v) is 14.2. The Bertz CT molecular complexity index is 839. The van der Waals surface area contributed by atoms with Crippen molar-refractivity contribution in [1.29, 1.82) is 0 Å². The average Bonchev–Trinajstić information content (AvgIpc) is 3.02. The van der Waals surface area contributed by atoms with Crippen LogP contribution in [-0.2, 0) is 10.0 Å². The molecule has 3 rings (SSSR count). The molecular formula is C16H19N3O4S. The molecule has 0 atom stereocenters. The quantitative estimate of drug-likeness (QED) is 0.915. The molecule has 2 aromatic rings. The summed E-state index contributed by atoms with van der Waals surface area (Å²) in [5.74, 6) is 0.0842. The zero-order chi connectivity index (χ0) is 17.2. The van der Waals surface area contributed by atoms with Crippen molar-refractivity contribution < 1.29 is 17.7 Å². The van der Waals surface area contributed by atoms with Crippen LogP contribution in [0.4, 0.5) is 5.69 Å². The Kier molecular flexibility index (Phi) is 4.68. The molecule has 1 fully saturated rings. The molecule has 1 aromatic heterocycles. The number of nitrogens with zero attached hydrogens (tertiary/aromatic N) is 2. The third-order valence-electron chi connectivity index (χ3n) is 3.91. The summed E-state index contributed by atoms with van der Waals surface area (Å²) in [6.07, 6.45) is 2.81. The molecule has 1 aliphatic rings. The number of hydrogen-bond donors (Lipinski definition) is 1. The van der Waals surface area contributed by atoms with Gasteiger partial charge in [0.15, 0.2) is 5.69 Å². The van der Waals surface area contributed by atoms with E-state index in [0.29, 0.717) is 24.5 Å². The van der Waals surface area contributed by atoms with Crippen molar-refractivity contribution >= 4 is 21.6 Å². The molecule has 2 heterocycles. The van der Waals surface area contributed by atoms with Crippen molar-refractivity contribution in [2.45, 2.75) is 31.1 Å². The van der Waals surface area contributed by atoms with E-state index < -0.39 is 15.9 Å². The number of nitrogens with one attached hydrogen (secondary N) is 1. The van der Waals surface area contributed by atoms with E-state index >= 15 is 0 Å². The number of amides is 1. The molecule has 128 valence electrons. The fourth-order valence-electron chi connectivity index (χ4n) is 2.66. The van der Waals surface area contributed by atoms with Crippen molar-refractivity contribution in [2.24, 2.45) is 0 Å². The highest BCUT2D eigenvalue weighted by molar-refractivity contribution is 7.89. The first-order chi connectivity index (χ1) is 11.5. The highest BCUT2D eigenvalue weighted by Gasteiger charge is 2.26. The Morgan fingerprint density at radius 2 is 1.96 bits per heavy atom. The number of anilines is 1. The van der Waals surface area contributed by atoms with Gasteiger partial charge < -0.3 is 9.84 Å². The monoisotopic (exact) mass is 349 g/mol. The molecule has 0 aliphatic carbocycles. The fraction of sp³-hybridized carbons (Fsp3) is 0.375. The molecule has 24 heavy (non-hydrogen) atoms. The van der Waals surface area contributed by atoms with Crippen molar-refractivity contribution in [3.05, 3.63) is 41.8 Å². The Balaban J connectivity index is 1.80. The number of hydrogen-bond acceptors (Lipinski definition) is 5. The summed E-state index contributed by atoms with van der Waals surface area (Å²) in [5.41, 5.74) is 0.551. The lowest BCUT2D eigenvalue weighted by Gasteiger charge is -2.26. The van der Waals surface area contributed by atoms with Crippen molar-refractivity contribution in [1.82, 2.24) is 9.46 Å². The minimum absolute atomic E-state index is 0.150. The second-order valence-electron chi connectivity index (χ2n) is 5.77. The second kappa shape index (κ2) is 6.74. The number of aromatic nitrogens is 1. The predicted molar refractivity (Wildman–Crippen MR) is 88.2 cm³/mol. The van der Waals surface area contributed by atoms with E-state index in [0.717, 1.165) is 19.3 Å². The van der Waals surface area contributed by atoms with Crippen LogP contribution in [0.2, 0.25) is 0 Å². The highest BCUT2D eigenvalue weighted by atomic mass is 32.2. The predicted octanol–water partition coefficient (Wildman–Crippen LogP) is 2.41. The molecule has 7 nitrogen and oxygen atoms in total. The highest BCUT2D eigenvalue weighted by Crippen LogP contribution is 2.23. The summed E-state index contributed by atoms with van der Waals surface area (Å²) in [6.45, 7) is 2.77. The fourth-order valence-corrected chi connectivity index (χ4v) is 4.22. The average molecular weight is 349 g/mol. The maximum atomic E-state index is 12.7. The Hall–Kier alpha value is -2.19. The van der Waals surface area contributed by atoms with E-state index in [9.17, 15) is 13.2 Å². The lowest BCUT2D eigenvalue weighted by molar-refractivity contribution is 0.101. The SMILES string of the molecule is Cc1cc(C(=O)Nc2cccc(S(=O)(=O)N3CCCCC3)c2)no1. The van der Waals surface area contributed by atoms with Crippen LogP contribution < -0.4 is 5.32 Å². The molecule has 0 unspecified atom stereocenters. The standard InChI is InChI=1S/C16H19N3O4S/c1-12-10-15(18-23-12)16(20)17-13-6-5-7-14(11-13)24(21,22)19-8-3-2-4-9-19/h5-7,10-11H,2-4,8-9H2,1H3,(H,17,20). The first kappa shape index (κ1) is 16.7. The maximum absolute atomic E-state index is 12.7. The number of aryl methyl sites for hydroxylation is 1. The largest absolute Gasteiger partial charge is 0.361 e. The molecule has 1 aliphatic heterocycles. The van der Waals surface area contributed by atoms with E-state index in [1.165, 1.54) is 16.4 Å². The van der Waals surface area contributed by atoms with Crippen LogP contribution in [0.5, 0.6) is 0 Å². The van der Waals surface area contributed by atoms with Gasteiger partial charge in [0.25, 0.3) is 5.91 Å². The molecule has 0 radical (unpaired) electrons. The number of piperidine rings is 1. The minimum Gasteiger partial charge on any atom is -0.361 e. The lowest BCUT2D eigenvalue weighted by atomic mass is 10.2.